The van der Waals surface area contributed by atoms with Gasteiger partial charge in [0.15, 0.2) is 5.82 Å². The van der Waals surface area contributed by atoms with E-state index in [-0.39, 0.29) is 0 Å². The molecule has 0 aliphatic heterocycles. The Morgan fingerprint density at radius 2 is 1.06 bits per heavy atom. The molecule has 0 aliphatic carbocycles. The first-order valence-corrected chi connectivity index (χ1v) is 13.9. The lowest BCUT2D eigenvalue weighted by atomic mass is 10.0. The van der Waals surface area contributed by atoms with E-state index in [1.807, 2.05) is 36.7 Å². The van der Waals surface area contributed by atoms with E-state index in [1.165, 1.54) is 93.7 Å². The van der Waals surface area contributed by atoms with E-state index >= 15 is 0 Å². The molecule has 3 heteroatoms. The van der Waals surface area contributed by atoms with Crippen LogP contribution >= 0.6 is 0 Å². The summed E-state index contributed by atoms with van der Waals surface area (Å²) in [7, 11) is 0. The van der Waals surface area contributed by atoms with Crippen LogP contribution in [-0.2, 0) is 19.4 Å². The van der Waals surface area contributed by atoms with Crippen molar-refractivity contribution < 1.29 is 4.74 Å². The number of hydrogen-bond donors (Lipinski definition) is 0. The first-order chi connectivity index (χ1) is 17.3. The van der Waals surface area contributed by atoms with Crippen molar-refractivity contribution in [2.45, 2.75) is 104 Å². The Hall–Kier alpha value is -2.68. The highest BCUT2D eigenvalue weighted by atomic mass is 16.5. The van der Waals surface area contributed by atoms with Gasteiger partial charge >= 0.3 is 0 Å². The van der Waals surface area contributed by atoms with E-state index in [2.05, 4.69) is 48.1 Å². The topological polar surface area (TPSA) is 35.0 Å². The number of hydrogen-bond acceptors (Lipinski definition) is 3. The SMILES string of the molecule is CCCCCCCCCc1cnc(-c2ccc(OCc3ccc(CCCCCC)cc3)cc2)nc1. The van der Waals surface area contributed by atoms with Crippen LogP contribution in [0.4, 0.5) is 0 Å². The second-order valence-corrected chi connectivity index (χ2v) is 9.73. The van der Waals surface area contributed by atoms with Crippen molar-refractivity contribution in [1.82, 2.24) is 9.97 Å². The van der Waals surface area contributed by atoms with Crippen LogP contribution in [0.1, 0.15) is 101 Å². The van der Waals surface area contributed by atoms with Crippen molar-refractivity contribution in [1.29, 1.82) is 0 Å². The molecule has 3 aromatic rings. The average Bonchev–Trinajstić information content (AvgIpc) is 2.91. The van der Waals surface area contributed by atoms with Crippen LogP contribution in [0.5, 0.6) is 5.75 Å². The van der Waals surface area contributed by atoms with Crippen molar-refractivity contribution in [3.05, 3.63) is 77.6 Å². The summed E-state index contributed by atoms with van der Waals surface area (Å²) < 4.78 is 6.00. The standard InChI is InChI=1S/C32H44N2O/c1-3-5-7-9-10-11-13-15-29-24-33-32(34-25-29)30-20-22-31(23-21-30)35-26-28-18-16-27(17-19-28)14-12-8-6-4-2/h16-25H,3-15,26H2,1-2H3. The van der Waals surface area contributed by atoms with E-state index in [1.54, 1.807) is 0 Å². The molecular formula is C32H44N2O. The molecule has 188 valence electrons. The van der Waals surface area contributed by atoms with E-state index in [9.17, 15) is 0 Å². The van der Waals surface area contributed by atoms with E-state index in [4.69, 9.17) is 4.74 Å². The maximum atomic E-state index is 6.00. The second-order valence-electron chi connectivity index (χ2n) is 9.73. The molecule has 3 nitrogen and oxygen atoms in total. The third-order valence-corrected chi connectivity index (χ3v) is 6.63. The van der Waals surface area contributed by atoms with Gasteiger partial charge < -0.3 is 4.74 Å². The summed E-state index contributed by atoms with van der Waals surface area (Å²) in [5.74, 6) is 1.64. The number of unbranched alkanes of at least 4 members (excludes halogenated alkanes) is 9. The Bertz CT molecular complexity index is 933. The Balaban J connectivity index is 1.39. The largest absolute Gasteiger partial charge is 0.489 e. The van der Waals surface area contributed by atoms with Crippen molar-refractivity contribution in [3.8, 4) is 17.1 Å². The zero-order chi connectivity index (χ0) is 24.6. The van der Waals surface area contributed by atoms with Crippen LogP contribution in [0.2, 0.25) is 0 Å². The van der Waals surface area contributed by atoms with Crippen molar-refractivity contribution in [3.63, 3.8) is 0 Å². The molecule has 0 radical (unpaired) electrons. The van der Waals surface area contributed by atoms with Crippen LogP contribution in [0, 0.1) is 0 Å². The molecule has 0 saturated heterocycles. The third kappa shape index (κ3) is 10.2. The van der Waals surface area contributed by atoms with Crippen LogP contribution in [0.3, 0.4) is 0 Å². The number of ether oxygens (including phenoxy) is 1. The smallest absolute Gasteiger partial charge is 0.159 e. The predicted molar refractivity (Wildman–Crippen MR) is 148 cm³/mol. The maximum absolute atomic E-state index is 6.00. The predicted octanol–water partition coefficient (Wildman–Crippen LogP) is 9.14. The molecule has 0 N–H and O–H groups in total. The normalized spacial score (nSPS) is 11.0. The zero-order valence-corrected chi connectivity index (χ0v) is 22.0. The second kappa shape index (κ2) is 16.1. The molecule has 2 aromatic carbocycles. The van der Waals surface area contributed by atoms with Gasteiger partial charge in [0.25, 0.3) is 0 Å². The van der Waals surface area contributed by atoms with Gasteiger partial charge in [0, 0.05) is 18.0 Å². The minimum atomic E-state index is 0.583. The van der Waals surface area contributed by atoms with Crippen molar-refractivity contribution >= 4 is 0 Å². The lowest BCUT2D eigenvalue weighted by molar-refractivity contribution is 0.306. The summed E-state index contributed by atoms with van der Waals surface area (Å²) in [5, 5.41) is 0. The minimum Gasteiger partial charge on any atom is -0.489 e. The van der Waals surface area contributed by atoms with E-state index in [0.717, 1.165) is 23.6 Å². The molecule has 3 rings (SSSR count). The highest BCUT2D eigenvalue weighted by Gasteiger charge is 2.04. The van der Waals surface area contributed by atoms with E-state index in [0.29, 0.717) is 6.61 Å². The van der Waals surface area contributed by atoms with Gasteiger partial charge in [-0.25, -0.2) is 9.97 Å². The molecule has 0 atom stereocenters. The number of nitrogens with zero attached hydrogens (tertiary/aromatic N) is 2. The monoisotopic (exact) mass is 472 g/mol. The Morgan fingerprint density at radius 3 is 1.69 bits per heavy atom. The van der Waals surface area contributed by atoms with Gasteiger partial charge in [0.05, 0.1) is 0 Å². The molecular weight excluding hydrogens is 428 g/mol. The Morgan fingerprint density at radius 1 is 0.543 bits per heavy atom. The maximum Gasteiger partial charge on any atom is 0.159 e. The molecule has 0 saturated carbocycles. The summed E-state index contributed by atoms with van der Waals surface area (Å²) in [5.41, 5.74) is 4.87. The van der Waals surface area contributed by atoms with Gasteiger partial charge in [0.2, 0.25) is 0 Å². The fourth-order valence-corrected chi connectivity index (χ4v) is 4.34. The van der Waals surface area contributed by atoms with Crippen LogP contribution in [-0.4, -0.2) is 9.97 Å². The van der Waals surface area contributed by atoms with Gasteiger partial charge in [0.1, 0.15) is 12.4 Å². The average molecular weight is 473 g/mol. The van der Waals surface area contributed by atoms with Gasteiger partial charge in [-0.15, -0.1) is 0 Å². The number of aryl methyl sites for hydroxylation is 2. The van der Waals surface area contributed by atoms with Gasteiger partial charge in [-0.3, -0.25) is 0 Å². The zero-order valence-electron chi connectivity index (χ0n) is 22.0. The van der Waals surface area contributed by atoms with E-state index < -0.39 is 0 Å². The summed E-state index contributed by atoms with van der Waals surface area (Å²) >= 11 is 0. The molecule has 0 amide bonds. The first-order valence-electron chi connectivity index (χ1n) is 13.9. The summed E-state index contributed by atoms with van der Waals surface area (Å²) in [6.45, 7) is 5.10. The fourth-order valence-electron chi connectivity index (χ4n) is 4.34. The number of aromatic nitrogens is 2. The lowest BCUT2D eigenvalue weighted by Crippen LogP contribution is -1.96. The Kier molecular flexibility index (Phi) is 12.4. The number of rotatable bonds is 17. The molecule has 0 bridgehead atoms. The molecule has 35 heavy (non-hydrogen) atoms. The molecule has 1 heterocycles. The van der Waals surface area contributed by atoms with Crippen LogP contribution in [0.25, 0.3) is 11.4 Å². The lowest BCUT2D eigenvalue weighted by Gasteiger charge is -2.08. The van der Waals surface area contributed by atoms with Crippen molar-refractivity contribution in [2.24, 2.45) is 0 Å². The summed E-state index contributed by atoms with van der Waals surface area (Å²) in [4.78, 5) is 9.20. The van der Waals surface area contributed by atoms with Gasteiger partial charge in [-0.05, 0) is 66.6 Å². The van der Waals surface area contributed by atoms with Crippen LogP contribution in [0.15, 0.2) is 60.9 Å². The summed E-state index contributed by atoms with van der Waals surface area (Å²) in [6.07, 6.45) is 20.7. The third-order valence-electron chi connectivity index (χ3n) is 6.63. The Labute approximate surface area is 213 Å². The first kappa shape index (κ1) is 26.9. The van der Waals surface area contributed by atoms with Gasteiger partial charge in [-0.2, -0.15) is 0 Å². The summed E-state index contributed by atoms with van der Waals surface area (Å²) in [6, 6.07) is 16.9. The molecule has 0 fully saturated rings. The quantitative estimate of drug-likeness (QED) is 0.184. The minimum absolute atomic E-state index is 0.583. The molecule has 1 aromatic heterocycles. The fraction of sp³-hybridized carbons (Fsp3) is 0.500. The highest BCUT2D eigenvalue weighted by Crippen LogP contribution is 2.21. The molecule has 0 aliphatic rings. The van der Waals surface area contributed by atoms with Gasteiger partial charge in [-0.1, -0.05) is 95.9 Å². The highest BCUT2D eigenvalue weighted by molar-refractivity contribution is 5.55. The van der Waals surface area contributed by atoms with Crippen LogP contribution < -0.4 is 4.74 Å². The molecule has 0 spiro atoms. The molecule has 0 unspecified atom stereocenters. The number of benzene rings is 2. The van der Waals surface area contributed by atoms with Crippen molar-refractivity contribution in [2.75, 3.05) is 0 Å².